The molecule has 1 aliphatic rings. The molecule has 0 atom stereocenters. The minimum atomic E-state index is -3.24. The highest BCUT2D eigenvalue weighted by Crippen LogP contribution is 2.12. The third-order valence-electron chi connectivity index (χ3n) is 2.07. The Hall–Kier alpha value is -0.820. The summed E-state index contributed by atoms with van der Waals surface area (Å²) in [4.78, 5) is 6.20. The van der Waals surface area contributed by atoms with Crippen molar-refractivity contribution in [1.82, 2.24) is 14.9 Å². The molecular formula is C8H18N4O2S. The summed E-state index contributed by atoms with van der Waals surface area (Å²) in [5.41, 5.74) is 0.0210. The molecule has 0 saturated carbocycles. The van der Waals surface area contributed by atoms with Crippen molar-refractivity contribution < 1.29 is 8.42 Å². The highest BCUT2D eigenvalue weighted by Gasteiger charge is 2.24. The fourth-order valence-corrected chi connectivity index (χ4v) is 1.61. The van der Waals surface area contributed by atoms with E-state index in [1.54, 1.807) is 0 Å². The van der Waals surface area contributed by atoms with Crippen molar-refractivity contribution in [3.63, 3.8) is 0 Å². The Labute approximate surface area is 90.8 Å². The second-order valence-electron chi connectivity index (χ2n) is 4.57. The molecule has 2 N–H and O–H groups in total. The van der Waals surface area contributed by atoms with Gasteiger partial charge < -0.3 is 5.32 Å². The molecule has 0 radical (unpaired) electrons. The number of hydrogen-bond donors (Lipinski definition) is 2. The Morgan fingerprint density at radius 1 is 1.47 bits per heavy atom. The molecule has 0 bridgehead atoms. The average Bonchev–Trinajstić information content (AvgIpc) is 2.00. The first-order valence-corrected chi connectivity index (χ1v) is 6.59. The molecule has 0 unspecified atom stereocenters. The molecular weight excluding hydrogens is 216 g/mol. The van der Waals surface area contributed by atoms with Crippen LogP contribution in [0.1, 0.15) is 20.8 Å². The Bertz CT molecular complexity index is 355. The molecule has 0 aromatic heterocycles. The Morgan fingerprint density at radius 3 is 2.40 bits per heavy atom. The second-order valence-corrected chi connectivity index (χ2v) is 6.32. The molecule has 1 heterocycles. The van der Waals surface area contributed by atoms with Gasteiger partial charge in [0.05, 0.1) is 19.6 Å². The maximum atomic E-state index is 10.9. The molecule has 88 valence electrons. The minimum absolute atomic E-state index is 0.0210. The van der Waals surface area contributed by atoms with Gasteiger partial charge in [0.1, 0.15) is 0 Å². The van der Waals surface area contributed by atoms with E-state index in [1.807, 2.05) is 0 Å². The van der Waals surface area contributed by atoms with Crippen LogP contribution < -0.4 is 10.0 Å². The minimum Gasteiger partial charge on any atom is -0.343 e. The monoisotopic (exact) mass is 234 g/mol. The Balaban J connectivity index is 2.60. The quantitative estimate of drug-likeness (QED) is 0.642. The predicted octanol–water partition coefficient (Wildman–Crippen LogP) is -0.490. The zero-order chi connectivity index (χ0) is 11.7. The van der Waals surface area contributed by atoms with E-state index in [0.29, 0.717) is 19.3 Å². The van der Waals surface area contributed by atoms with Gasteiger partial charge in [-0.25, -0.2) is 13.4 Å². The molecule has 0 fully saturated rings. The van der Waals surface area contributed by atoms with Gasteiger partial charge in [0.15, 0.2) is 0 Å². The summed E-state index contributed by atoms with van der Waals surface area (Å²) in [6, 6.07) is 0. The number of aliphatic imine (C=N–C) groups is 1. The molecule has 0 aliphatic carbocycles. The molecule has 0 saturated heterocycles. The summed E-state index contributed by atoms with van der Waals surface area (Å²) in [5.74, 6) is 0.318. The molecule has 0 amide bonds. The third kappa shape index (κ3) is 4.05. The zero-order valence-corrected chi connectivity index (χ0v) is 10.3. The lowest BCUT2D eigenvalue weighted by Gasteiger charge is -2.37. The number of hydrogen-bond acceptors (Lipinski definition) is 5. The van der Waals surface area contributed by atoms with Gasteiger partial charge in [0.25, 0.3) is 0 Å². The Kier molecular flexibility index (Phi) is 3.25. The summed E-state index contributed by atoms with van der Waals surface area (Å²) in [6.07, 6.45) is 1.10. The van der Waals surface area contributed by atoms with Crippen LogP contribution in [0.3, 0.4) is 0 Å². The standard InChI is InChI=1S/C8H18N4O2S/c1-8(2,3)12-5-9-7(10-6-12)11-15(4,13)14/h5-6H2,1-4H3,(H2,9,10,11). The van der Waals surface area contributed by atoms with Gasteiger partial charge in [-0.05, 0) is 20.8 Å². The van der Waals surface area contributed by atoms with Crippen LogP contribution in [0.25, 0.3) is 0 Å². The lowest BCUT2D eigenvalue weighted by molar-refractivity contribution is 0.130. The molecule has 15 heavy (non-hydrogen) atoms. The van der Waals surface area contributed by atoms with Crippen LogP contribution in [-0.4, -0.2) is 44.4 Å². The van der Waals surface area contributed by atoms with Crippen LogP contribution in [0.2, 0.25) is 0 Å². The van der Waals surface area contributed by atoms with Crippen molar-refractivity contribution in [2.45, 2.75) is 26.3 Å². The van der Waals surface area contributed by atoms with Crippen molar-refractivity contribution in [3.8, 4) is 0 Å². The first kappa shape index (κ1) is 12.3. The summed E-state index contributed by atoms with van der Waals surface area (Å²) in [6.45, 7) is 7.33. The van der Waals surface area contributed by atoms with Gasteiger partial charge in [-0.3, -0.25) is 9.62 Å². The fourth-order valence-electron chi connectivity index (χ4n) is 1.13. The van der Waals surface area contributed by atoms with E-state index in [4.69, 9.17) is 0 Å². The van der Waals surface area contributed by atoms with Crippen molar-refractivity contribution in [1.29, 1.82) is 0 Å². The summed E-state index contributed by atoms with van der Waals surface area (Å²) in [7, 11) is -3.24. The number of sulfonamides is 1. The van der Waals surface area contributed by atoms with Crippen LogP contribution in [0.4, 0.5) is 0 Å². The lowest BCUT2D eigenvalue weighted by atomic mass is 10.1. The Morgan fingerprint density at radius 2 is 2.07 bits per heavy atom. The van der Waals surface area contributed by atoms with Gasteiger partial charge in [-0.15, -0.1) is 0 Å². The van der Waals surface area contributed by atoms with E-state index in [9.17, 15) is 8.42 Å². The SMILES string of the molecule is CC(C)(C)N1CN=C(NS(C)(=O)=O)NC1. The van der Waals surface area contributed by atoms with Crippen molar-refractivity contribution in [2.24, 2.45) is 4.99 Å². The molecule has 6 nitrogen and oxygen atoms in total. The average molecular weight is 234 g/mol. The molecule has 1 aliphatic heterocycles. The number of rotatable bonds is 1. The van der Waals surface area contributed by atoms with Gasteiger partial charge in [0, 0.05) is 5.54 Å². The number of guanidine groups is 1. The van der Waals surface area contributed by atoms with Crippen molar-refractivity contribution >= 4 is 16.0 Å². The van der Waals surface area contributed by atoms with Gasteiger partial charge >= 0.3 is 0 Å². The van der Waals surface area contributed by atoms with Crippen LogP contribution in [0.15, 0.2) is 4.99 Å². The lowest BCUT2D eigenvalue weighted by Crippen LogP contribution is -2.55. The molecule has 0 spiro atoms. The van der Waals surface area contributed by atoms with Gasteiger partial charge in [-0.2, -0.15) is 0 Å². The summed E-state index contributed by atoms with van der Waals surface area (Å²) in [5, 5.41) is 2.92. The van der Waals surface area contributed by atoms with Crippen molar-refractivity contribution in [2.75, 3.05) is 19.6 Å². The van der Waals surface area contributed by atoms with Crippen LogP contribution in [0.5, 0.6) is 0 Å². The van der Waals surface area contributed by atoms with Crippen molar-refractivity contribution in [3.05, 3.63) is 0 Å². The summed E-state index contributed by atoms with van der Waals surface area (Å²) < 4.78 is 24.2. The smallest absolute Gasteiger partial charge is 0.232 e. The summed E-state index contributed by atoms with van der Waals surface area (Å²) >= 11 is 0. The molecule has 1 rings (SSSR count). The number of nitrogens with zero attached hydrogens (tertiary/aromatic N) is 2. The first-order valence-electron chi connectivity index (χ1n) is 4.70. The van der Waals surface area contributed by atoms with Crippen LogP contribution >= 0.6 is 0 Å². The van der Waals surface area contributed by atoms with E-state index in [1.165, 1.54) is 0 Å². The van der Waals surface area contributed by atoms with E-state index < -0.39 is 10.0 Å². The molecule has 0 aromatic rings. The van der Waals surface area contributed by atoms with Gasteiger partial charge in [0.2, 0.25) is 16.0 Å². The van der Waals surface area contributed by atoms with Crippen LogP contribution in [0, 0.1) is 0 Å². The fraction of sp³-hybridized carbons (Fsp3) is 0.875. The van der Waals surface area contributed by atoms with E-state index in [2.05, 4.69) is 40.7 Å². The topological polar surface area (TPSA) is 73.8 Å². The maximum absolute atomic E-state index is 10.9. The highest BCUT2D eigenvalue weighted by atomic mass is 32.2. The molecule has 7 heteroatoms. The predicted molar refractivity (Wildman–Crippen MR) is 59.9 cm³/mol. The maximum Gasteiger partial charge on any atom is 0.232 e. The number of nitrogens with one attached hydrogen (secondary N) is 2. The van der Waals surface area contributed by atoms with Gasteiger partial charge in [-0.1, -0.05) is 0 Å². The first-order chi connectivity index (χ1) is 6.68. The van der Waals surface area contributed by atoms with E-state index >= 15 is 0 Å². The molecule has 0 aromatic carbocycles. The highest BCUT2D eigenvalue weighted by molar-refractivity contribution is 7.89. The van der Waals surface area contributed by atoms with E-state index in [0.717, 1.165) is 6.26 Å². The zero-order valence-electron chi connectivity index (χ0n) is 9.53. The van der Waals surface area contributed by atoms with Crippen LogP contribution in [-0.2, 0) is 10.0 Å². The second kappa shape index (κ2) is 3.97. The largest absolute Gasteiger partial charge is 0.343 e. The van der Waals surface area contributed by atoms with E-state index in [-0.39, 0.29) is 5.54 Å². The third-order valence-corrected chi connectivity index (χ3v) is 2.63. The normalized spacial score (nSPS) is 19.3.